The summed E-state index contributed by atoms with van der Waals surface area (Å²) in [4.78, 5) is 3.40. The number of benzene rings is 2. The van der Waals surface area contributed by atoms with E-state index in [0.29, 0.717) is 0 Å². The molecule has 1 aliphatic rings. The van der Waals surface area contributed by atoms with Crippen molar-refractivity contribution in [2.24, 2.45) is 0 Å². The average Bonchev–Trinajstić information content (AvgIpc) is 2.80. The summed E-state index contributed by atoms with van der Waals surface area (Å²) in [5.41, 5.74) is 1.39. The molecule has 1 fully saturated rings. The first-order valence-electron chi connectivity index (χ1n) is 10.4. The van der Waals surface area contributed by atoms with Gasteiger partial charge in [-0.1, -0.05) is 77.9 Å². The lowest BCUT2D eigenvalue weighted by Crippen LogP contribution is -2.35. The highest BCUT2D eigenvalue weighted by molar-refractivity contribution is 7.98. The van der Waals surface area contributed by atoms with Crippen LogP contribution in [0.5, 0.6) is 0 Å². The summed E-state index contributed by atoms with van der Waals surface area (Å²) >= 11 is 1.54. The molecule has 160 valence electrons. The highest BCUT2D eigenvalue weighted by Crippen LogP contribution is 2.14. The topological polar surface area (TPSA) is 12.5 Å². The summed E-state index contributed by atoms with van der Waals surface area (Å²) in [5.74, 6) is -0.165. The quantitative estimate of drug-likeness (QED) is 0.500. The lowest BCUT2D eigenvalue weighted by atomic mass is 10.2. The van der Waals surface area contributed by atoms with E-state index in [2.05, 4.69) is 35.2 Å². The minimum atomic E-state index is -0.165. The van der Waals surface area contributed by atoms with Crippen LogP contribution in [0, 0.1) is 5.82 Å². The standard InChI is InChI=1S/C11H15NO.C7H7FS.3C2H6/c1-2-4-11(5-3-1)10-12-6-8-13-9-7-12;1-9-7-4-2-3-6(8)5-7;3*1-2/h1-5H,6-10H2;2-5H,1H3;3*1-2H3. The molecule has 3 rings (SSSR count). The van der Waals surface area contributed by atoms with E-state index in [1.165, 1.54) is 17.7 Å². The van der Waals surface area contributed by atoms with Crippen molar-refractivity contribution < 1.29 is 9.13 Å². The van der Waals surface area contributed by atoms with Gasteiger partial charge < -0.3 is 4.74 Å². The Morgan fingerprint density at radius 3 is 1.89 bits per heavy atom. The Hall–Kier alpha value is -1.36. The lowest BCUT2D eigenvalue weighted by Gasteiger charge is -2.26. The van der Waals surface area contributed by atoms with E-state index in [-0.39, 0.29) is 5.82 Å². The zero-order valence-corrected chi connectivity index (χ0v) is 19.7. The summed E-state index contributed by atoms with van der Waals surface area (Å²) in [5, 5.41) is 0. The maximum absolute atomic E-state index is 12.3. The molecule has 0 aromatic heterocycles. The van der Waals surface area contributed by atoms with Crippen molar-refractivity contribution in [2.45, 2.75) is 53.0 Å². The van der Waals surface area contributed by atoms with Crippen molar-refractivity contribution in [3.05, 3.63) is 66.0 Å². The average molecular weight is 410 g/mol. The zero-order valence-electron chi connectivity index (χ0n) is 18.9. The molecule has 0 unspecified atom stereocenters. The third-order valence-corrected chi connectivity index (χ3v) is 4.11. The molecule has 0 N–H and O–H groups in total. The van der Waals surface area contributed by atoms with Gasteiger partial charge in [0.2, 0.25) is 0 Å². The first kappa shape index (κ1) is 28.8. The number of hydrogen-bond donors (Lipinski definition) is 0. The van der Waals surface area contributed by atoms with Crippen LogP contribution in [0.4, 0.5) is 4.39 Å². The number of ether oxygens (including phenoxy) is 1. The molecular formula is C24H40FNOS. The van der Waals surface area contributed by atoms with Gasteiger partial charge in [-0.25, -0.2) is 4.39 Å². The number of thioether (sulfide) groups is 1. The van der Waals surface area contributed by atoms with Crippen molar-refractivity contribution in [3.8, 4) is 0 Å². The van der Waals surface area contributed by atoms with Crippen molar-refractivity contribution in [3.63, 3.8) is 0 Å². The maximum Gasteiger partial charge on any atom is 0.124 e. The number of nitrogens with zero attached hydrogens (tertiary/aromatic N) is 1. The molecule has 2 nitrogen and oxygen atoms in total. The van der Waals surface area contributed by atoms with Gasteiger partial charge in [-0.15, -0.1) is 11.8 Å². The second-order valence-corrected chi connectivity index (χ2v) is 5.92. The molecule has 0 radical (unpaired) electrons. The highest BCUT2D eigenvalue weighted by atomic mass is 32.2. The summed E-state index contributed by atoms with van der Waals surface area (Å²) in [7, 11) is 0. The van der Waals surface area contributed by atoms with E-state index in [1.807, 2.05) is 53.9 Å². The first-order chi connectivity index (χ1) is 13.8. The van der Waals surface area contributed by atoms with Crippen molar-refractivity contribution in [1.29, 1.82) is 0 Å². The van der Waals surface area contributed by atoms with E-state index in [0.717, 1.165) is 37.7 Å². The first-order valence-corrected chi connectivity index (χ1v) is 11.6. The van der Waals surface area contributed by atoms with Crippen molar-refractivity contribution >= 4 is 11.8 Å². The molecule has 2 aromatic rings. The van der Waals surface area contributed by atoms with E-state index in [1.54, 1.807) is 17.8 Å². The van der Waals surface area contributed by atoms with Crippen LogP contribution < -0.4 is 0 Å². The van der Waals surface area contributed by atoms with Gasteiger partial charge in [-0.05, 0) is 30.0 Å². The Morgan fingerprint density at radius 2 is 1.43 bits per heavy atom. The normalized spacial score (nSPS) is 12.4. The van der Waals surface area contributed by atoms with Crippen LogP contribution >= 0.6 is 11.8 Å². The maximum atomic E-state index is 12.3. The fourth-order valence-corrected chi connectivity index (χ4v) is 2.64. The van der Waals surface area contributed by atoms with Gasteiger partial charge in [0.15, 0.2) is 0 Å². The molecular weight excluding hydrogens is 369 g/mol. The van der Waals surface area contributed by atoms with Crippen molar-refractivity contribution in [2.75, 3.05) is 32.6 Å². The van der Waals surface area contributed by atoms with Crippen LogP contribution in [0.2, 0.25) is 0 Å². The number of hydrogen-bond acceptors (Lipinski definition) is 3. The van der Waals surface area contributed by atoms with E-state index in [9.17, 15) is 4.39 Å². The number of rotatable bonds is 3. The Labute approximate surface area is 177 Å². The van der Waals surface area contributed by atoms with E-state index < -0.39 is 0 Å². The summed E-state index contributed by atoms with van der Waals surface area (Å²) in [6, 6.07) is 17.2. The predicted molar refractivity (Wildman–Crippen MR) is 125 cm³/mol. The molecule has 1 saturated heterocycles. The van der Waals surface area contributed by atoms with Crippen LogP contribution in [0.3, 0.4) is 0 Å². The molecule has 0 saturated carbocycles. The molecule has 0 bridgehead atoms. The molecule has 28 heavy (non-hydrogen) atoms. The molecule has 1 aliphatic heterocycles. The second-order valence-electron chi connectivity index (χ2n) is 5.04. The Bertz CT molecular complexity index is 545. The minimum Gasteiger partial charge on any atom is -0.379 e. The molecule has 0 aliphatic carbocycles. The van der Waals surface area contributed by atoms with Crippen LogP contribution in [0.15, 0.2) is 59.5 Å². The second kappa shape index (κ2) is 21.9. The van der Waals surface area contributed by atoms with E-state index in [4.69, 9.17) is 4.74 Å². The fourth-order valence-electron chi connectivity index (χ4n) is 2.19. The van der Waals surface area contributed by atoms with Crippen LogP contribution in [-0.4, -0.2) is 37.5 Å². The summed E-state index contributed by atoms with van der Waals surface area (Å²) in [6.45, 7) is 17.0. The van der Waals surface area contributed by atoms with Gasteiger partial charge in [-0.3, -0.25) is 4.90 Å². The van der Waals surface area contributed by atoms with Crippen molar-refractivity contribution in [1.82, 2.24) is 4.90 Å². The van der Waals surface area contributed by atoms with E-state index >= 15 is 0 Å². The number of halogens is 1. The SMILES string of the molecule is CC.CC.CC.CSc1cccc(F)c1.c1ccc(CN2CCOCC2)cc1. The van der Waals surface area contributed by atoms with Crippen LogP contribution in [-0.2, 0) is 11.3 Å². The lowest BCUT2D eigenvalue weighted by molar-refractivity contribution is 0.0342. The van der Waals surface area contributed by atoms with Gasteiger partial charge in [0.05, 0.1) is 13.2 Å². The van der Waals surface area contributed by atoms with Gasteiger partial charge in [0.1, 0.15) is 5.82 Å². The van der Waals surface area contributed by atoms with Gasteiger partial charge >= 0.3 is 0 Å². The van der Waals surface area contributed by atoms with Gasteiger partial charge in [0, 0.05) is 24.5 Å². The van der Waals surface area contributed by atoms with Gasteiger partial charge in [-0.2, -0.15) is 0 Å². The predicted octanol–water partition coefficient (Wildman–Crippen LogP) is 7.15. The molecule has 0 amide bonds. The smallest absolute Gasteiger partial charge is 0.124 e. The Balaban J connectivity index is 0. The third-order valence-electron chi connectivity index (χ3n) is 3.38. The molecule has 1 heterocycles. The minimum absolute atomic E-state index is 0.165. The largest absolute Gasteiger partial charge is 0.379 e. The monoisotopic (exact) mass is 409 g/mol. The summed E-state index contributed by atoms with van der Waals surface area (Å²) < 4.78 is 17.6. The molecule has 2 aromatic carbocycles. The third kappa shape index (κ3) is 14.7. The molecule has 0 atom stereocenters. The molecule has 0 spiro atoms. The van der Waals surface area contributed by atoms with Gasteiger partial charge in [0.25, 0.3) is 0 Å². The zero-order chi connectivity index (χ0) is 21.6. The Morgan fingerprint density at radius 1 is 0.857 bits per heavy atom. The number of morpholine rings is 1. The fraction of sp³-hybridized carbons (Fsp3) is 0.500. The highest BCUT2D eigenvalue weighted by Gasteiger charge is 2.09. The van der Waals surface area contributed by atoms with Crippen LogP contribution in [0.1, 0.15) is 47.1 Å². The molecule has 4 heteroatoms. The van der Waals surface area contributed by atoms with Crippen LogP contribution in [0.25, 0.3) is 0 Å². The Kier molecular flexibility index (Phi) is 22.6. The summed E-state index contributed by atoms with van der Waals surface area (Å²) in [6.07, 6.45) is 1.93.